The van der Waals surface area contributed by atoms with E-state index in [2.05, 4.69) is 4.74 Å². The van der Waals surface area contributed by atoms with Crippen molar-refractivity contribution in [3.05, 3.63) is 29.3 Å². The highest BCUT2D eigenvalue weighted by Gasteiger charge is 2.31. The minimum absolute atomic E-state index is 0.0482. The van der Waals surface area contributed by atoms with Crippen LogP contribution in [0.2, 0.25) is 0 Å². The third kappa shape index (κ3) is 4.90. The van der Waals surface area contributed by atoms with Crippen LogP contribution < -0.4 is 10.1 Å². The van der Waals surface area contributed by atoms with Crippen LogP contribution in [0.4, 0.5) is 26.7 Å². The van der Waals surface area contributed by atoms with Crippen LogP contribution in [-0.2, 0) is 12.6 Å². The van der Waals surface area contributed by atoms with Crippen molar-refractivity contribution in [2.24, 2.45) is 0 Å². The fraction of sp³-hybridized carbons (Fsp3) is 0.364. The van der Waals surface area contributed by atoms with Crippen molar-refractivity contribution >= 4 is 6.09 Å². The maximum atomic E-state index is 12.5. The maximum absolute atomic E-state index is 12.5. The average molecular weight is 299 g/mol. The topological polar surface area (TPSA) is 58.6 Å². The van der Waals surface area contributed by atoms with E-state index in [4.69, 9.17) is 5.11 Å². The molecule has 0 saturated carbocycles. The molecule has 0 heterocycles. The first-order valence-corrected chi connectivity index (χ1v) is 5.32. The van der Waals surface area contributed by atoms with Crippen LogP contribution in [0.25, 0.3) is 0 Å². The predicted molar refractivity (Wildman–Crippen MR) is 57.8 cm³/mol. The molecule has 0 unspecified atom stereocenters. The van der Waals surface area contributed by atoms with Crippen LogP contribution in [-0.4, -0.2) is 24.4 Å². The standard InChI is InChI=1S/C11H10F5NO3/c12-9(13)20-8-5-7(11(14,15)16)2-1-6(8)3-4-17-10(18)19/h1-2,5,9,17H,3-4H2,(H,18,19). The number of carboxylic acid groups (broad SMARTS) is 1. The molecule has 0 fully saturated rings. The number of benzene rings is 1. The van der Waals surface area contributed by atoms with Crippen molar-refractivity contribution in [3.8, 4) is 5.75 Å². The molecule has 0 aliphatic carbocycles. The van der Waals surface area contributed by atoms with E-state index in [1.165, 1.54) is 0 Å². The highest BCUT2D eigenvalue weighted by molar-refractivity contribution is 5.64. The Labute approximate surface area is 110 Å². The molecule has 0 aliphatic heterocycles. The third-order valence-electron chi connectivity index (χ3n) is 2.28. The molecule has 0 atom stereocenters. The molecule has 2 N–H and O–H groups in total. The summed E-state index contributed by atoms with van der Waals surface area (Å²) in [5.74, 6) is -0.623. The summed E-state index contributed by atoms with van der Waals surface area (Å²) >= 11 is 0. The molecule has 0 radical (unpaired) electrons. The largest absolute Gasteiger partial charge is 0.465 e. The first-order valence-electron chi connectivity index (χ1n) is 5.32. The predicted octanol–water partition coefficient (Wildman–Crippen LogP) is 3.12. The molecule has 112 valence electrons. The second kappa shape index (κ2) is 6.40. The number of nitrogens with one attached hydrogen (secondary N) is 1. The molecule has 4 nitrogen and oxygen atoms in total. The number of amides is 1. The van der Waals surface area contributed by atoms with Crippen molar-refractivity contribution < 1.29 is 36.6 Å². The Morgan fingerprint density at radius 3 is 2.50 bits per heavy atom. The molecule has 1 rings (SSSR count). The molecule has 0 aliphatic rings. The zero-order chi connectivity index (χ0) is 15.3. The van der Waals surface area contributed by atoms with Gasteiger partial charge in [0, 0.05) is 6.54 Å². The normalized spacial score (nSPS) is 11.5. The SMILES string of the molecule is O=C(O)NCCc1ccc(C(F)(F)F)cc1OC(F)F. The van der Waals surface area contributed by atoms with Crippen molar-refractivity contribution in [1.82, 2.24) is 5.32 Å². The lowest BCUT2D eigenvalue weighted by atomic mass is 10.1. The number of hydrogen-bond donors (Lipinski definition) is 2. The number of rotatable bonds is 5. The van der Waals surface area contributed by atoms with Crippen molar-refractivity contribution in [3.63, 3.8) is 0 Å². The van der Waals surface area contributed by atoms with E-state index in [0.29, 0.717) is 12.1 Å². The van der Waals surface area contributed by atoms with Crippen molar-refractivity contribution in [2.45, 2.75) is 19.2 Å². The molecule has 0 spiro atoms. The molecule has 1 aromatic carbocycles. The first-order chi connectivity index (χ1) is 9.20. The quantitative estimate of drug-likeness (QED) is 0.821. The lowest BCUT2D eigenvalue weighted by Gasteiger charge is -2.14. The van der Waals surface area contributed by atoms with Gasteiger partial charge >= 0.3 is 18.9 Å². The summed E-state index contributed by atoms with van der Waals surface area (Å²) in [7, 11) is 0. The zero-order valence-electron chi connectivity index (χ0n) is 9.88. The summed E-state index contributed by atoms with van der Waals surface area (Å²) < 4.78 is 65.7. The summed E-state index contributed by atoms with van der Waals surface area (Å²) in [6, 6.07) is 2.15. The van der Waals surface area contributed by atoms with Gasteiger partial charge < -0.3 is 15.2 Å². The van der Waals surface area contributed by atoms with E-state index in [9.17, 15) is 26.7 Å². The van der Waals surface area contributed by atoms with Crippen LogP contribution in [0.5, 0.6) is 5.75 Å². The Hall–Kier alpha value is -2.06. The number of alkyl halides is 5. The Balaban J connectivity index is 2.94. The Morgan fingerprint density at radius 2 is 2.00 bits per heavy atom. The summed E-state index contributed by atoms with van der Waals surface area (Å²) in [6.07, 6.45) is -6.09. The lowest BCUT2D eigenvalue weighted by molar-refractivity contribution is -0.138. The Bertz CT molecular complexity index is 476. The molecule has 0 saturated heterocycles. The van der Waals surface area contributed by atoms with Crippen LogP contribution in [0, 0.1) is 0 Å². The number of hydrogen-bond acceptors (Lipinski definition) is 2. The average Bonchev–Trinajstić information content (AvgIpc) is 2.28. The fourth-order valence-electron chi connectivity index (χ4n) is 1.45. The highest BCUT2D eigenvalue weighted by Crippen LogP contribution is 2.33. The highest BCUT2D eigenvalue weighted by atomic mass is 19.4. The van der Waals surface area contributed by atoms with E-state index in [0.717, 1.165) is 6.07 Å². The Kier molecular flexibility index (Phi) is 5.12. The van der Waals surface area contributed by atoms with Gasteiger partial charge in [0.05, 0.1) is 5.56 Å². The molecule has 20 heavy (non-hydrogen) atoms. The van der Waals surface area contributed by atoms with Gasteiger partial charge in [-0.3, -0.25) is 0 Å². The maximum Gasteiger partial charge on any atom is 0.416 e. The second-order valence-corrected chi connectivity index (χ2v) is 3.68. The third-order valence-corrected chi connectivity index (χ3v) is 2.28. The van der Waals surface area contributed by atoms with E-state index in [1.807, 2.05) is 5.32 Å². The van der Waals surface area contributed by atoms with Gasteiger partial charge in [-0.25, -0.2) is 4.79 Å². The van der Waals surface area contributed by atoms with Crippen LogP contribution >= 0.6 is 0 Å². The van der Waals surface area contributed by atoms with Crippen LogP contribution in [0.3, 0.4) is 0 Å². The minimum Gasteiger partial charge on any atom is -0.465 e. The summed E-state index contributed by atoms with van der Waals surface area (Å²) in [5.41, 5.74) is -1.07. The van der Waals surface area contributed by atoms with Gasteiger partial charge in [-0.1, -0.05) is 6.07 Å². The second-order valence-electron chi connectivity index (χ2n) is 3.68. The smallest absolute Gasteiger partial charge is 0.416 e. The van der Waals surface area contributed by atoms with E-state index >= 15 is 0 Å². The minimum atomic E-state index is -4.68. The van der Waals surface area contributed by atoms with Gasteiger partial charge in [0.15, 0.2) is 0 Å². The van der Waals surface area contributed by atoms with E-state index in [1.54, 1.807) is 0 Å². The molecule has 0 aromatic heterocycles. The molecular weight excluding hydrogens is 289 g/mol. The Morgan fingerprint density at radius 1 is 1.35 bits per heavy atom. The number of carbonyl (C=O) groups is 1. The van der Waals surface area contributed by atoms with Crippen molar-refractivity contribution in [1.29, 1.82) is 0 Å². The molecular formula is C11H10F5NO3. The fourth-order valence-corrected chi connectivity index (χ4v) is 1.45. The monoisotopic (exact) mass is 299 g/mol. The molecule has 1 aromatic rings. The van der Waals surface area contributed by atoms with Gasteiger partial charge in [0.2, 0.25) is 0 Å². The van der Waals surface area contributed by atoms with Gasteiger partial charge in [-0.15, -0.1) is 0 Å². The molecule has 9 heteroatoms. The first kappa shape index (κ1) is 16.0. The lowest BCUT2D eigenvalue weighted by Crippen LogP contribution is -2.23. The van der Waals surface area contributed by atoms with E-state index in [-0.39, 0.29) is 18.5 Å². The number of ether oxygens (including phenoxy) is 1. The van der Waals surface area contributed by atoms with Gasteiger partial charge in [0.1, 0.15) is 5.75 Å². The van der Waals surface area contributed by atoms with Gasteiger partial charge in [0.25, 0.3) is 0 Å². The summed E-state index contributed by atoms with van der Waals surface area (Å²) in [6.45, 7) is -3.41. The van der Waals surface area contributed by atoms with Gasteiger partial charge in [-0.2, -0.15) is 22.0 Å². The molecule has 1 amide bonds. The van der Waals surface area contributed by atoms with Crippen LogP contribution in [0.15, 0.2) is 18.2 Å². The summed E-state index contributed by atoms with van der Waals surface area (Å²) in [5, 5.41) is 10.3. The zero-order valence-corrected chi connectivity index (χ0v) is 9.88. The van der Waals surface area contributed by atoms with E-state index < -0.39 is 30.2 Å². The van der Waals surface area contributed by atoms with Crippen LogP contribution in [0.1, 0.15) is 11.1 Å². The van der Waals surface area contributed by atoms with Crippen molar-refractivity contribution in [2.75, 3.05) is 6.54 Å². The number of halogens is 5. The summed E-state index contributed by atoms with van der Waals surface area (Å²) in [4.78, 5) is 10.2. The molecule has 0 bridgehead atoms. The van der Waals surface area contributed by atoms with Gasteiger partial charge in [-0.05, 0) is 24.1 Å².